The highest BCUT2D eigenvalue weighted by atomic mass is 15.1. The molecule has 2 aromatic rings. The largest absolute Gasteiger partial charge is 0.374 e. The molecule has 2 heteroatoms. The zero-order valence-corrected chi connectivity index (χ0v) is 11.8. The van der Waals surface area contributed by atoms with Gasteiger partial charge >= 0.3 is 0 Å². The number of hydrogen-bond donors (Lipinski definition) is 1. The summed E-state index contributed by atoms with van der Waals surface area (Å²) >= 11 is 0. The van der Waals surface area contributed by atoms with Gasteiger partial charge in [0.15, 0.2) is 0 Å². The molecule has 0 saturated carbocycles. The fourth-order valence-corrected chi connectivity index (χ4v) is 2.19. The number of anilines is 1. The number of nitrogens with zero attached hydrogens (tertiary/aromatic N) is 1. The van der Waals surface area contributed by atoms with E-state index in [0.29, 0.717) is 6.54 Å². The van der Waals surface area contributed by atoms with Crippen molar-refractivity contribution in [1.82, 2.24) is 0 Å². The number of hydrogen-bond acceptors (Lipinski definition) is 2. The van der Waals surface area contributed by atoms with Crippen LogP contribution in [-0.2, 0) is 13.0 Å². The minimum Gasteiger partial charge on any atom is -0.374 e. The van der Waals surface area contributed by atoms with E-state index in [4.69, 9.17) is 5.73 Å². The second kappa shape index (κ2) is 6.39. The Morgan fingerprint density at radius 2 is 1.68 bits per heavy atom. The third kappa shape index (κ3) is 3.58. The third-order valence-corrected chi connectivity index (χ3v) is 3.59. The van der Waals surface area contributed by atoms with Crippen LogP contribution in [0.2, 0.25) is 0 Å². The summed E-state index contributed by atoms with van der Waals surface area (Å²) in [6, 6.07) is 17.1. The van der Waals surface area contributed by atoms with Gasteiger partial charge in [0.2, 0.25) is 0 Å². The molecule has 0 aliphatic carbocycles. The first-order valence-electron chi connectivity index (χ1n) is 6.75. The topological polar surface area (TPSA) is 29.3 Å². The molecule has 0 saturated heterocycles. The van der Waals surface area contributed by atoms with E-state index in [1.54, 1.807) is 0 Å². The number of rotatable bonds is 5. The van der Waals surface area contributed by atoms with Crippen LogP contribution in [0.5, 0.6) is 0 Å². The molecule has 2 N–H and O–H groups in total. The SMILES string of the molecule is Cc1ccccc1CCN(C)c1ccc(CN)cc1. The summed E-state index contributed by atoms with van der Waals surface area (Å²) in [5.41, 5.74) is 10.8. The normalized spacial score (nSPS) is 10.5. The van der Waals surface area contributed by atoms with Gasteiger partial charge in [-0.3, -0.25) is 0 Å². The average Bonchev–Trinajstić information content (AvgIpc) is 2.46. The van der Waals surface area contributed by atoms with Gasteiger partial charge < -0.3 is 10.6 Å². The summed E-state index contributed by atoms with van der Waals surface area (Å²) in [6.45, 7) is 3.80. The Bertz CT molecular complexity index is 517. The minimum atomic E-state index is 0.604. The van der Waals surface area contributed by atoms with Crippen molar-refractivity contribution in [2.75, 3.05) is 18.5 Å². The van der Waals surface area contributed by atoms with Crippen molar-refractivity contribution < 1.29 is 0 Å². The molecule has 0 fully saturated rings. The number of likely N-dealkylation sites (N-methyl/N-ethyl adjacent to an activating group) is 1. The summed E-state index contributed by atoms with van der Waals surface area (Å²) in [5.74, 6) is 0. The molecule has 0 radical (unpaired) electrons. The molecule has 2 aromatic carbocycles. The first kappa shape index (κ1) is 13.6. The van der Waals surface area contributed by atoms with Gasteiger partial charge in [-0.25, -0.2) is 0 Å². The number of nitrogens with two attached hydrogens (primary N) is 1. The highest BCUT2D eigenvalue weighted by Gasteiger charge is 2.03. The van der Waals surface area contributed by atoms with Gasteiger partial charge in [0.25, 0.3) is 0 Å². The molecule has 0 atom stereocenters. The molecular weight excluding hydrogens is 232 g/mol. The van der Waals surface area contributed by atoms with Crippen molar-refractivity contribution in [3.05, 3.63) is 65.2 Å². The van der Waals surface area contributed by atoms with Crippen LogP contribution in [0, 0.1) is 6.92 Å². The summed E-state index contributed by atoms with van der Waals surface area (Å²) in [4.78, 5) is 2.28. The monoisotopic (exact) mass is 254 g/mol. The molecule has 0 unspecified atom stereocenters. The fourth-order valence-electron chi connectivity index (χ4n) is 2.19. The Labute approximate surface area is 115 Å². The molecule has 0 aliphatic rings. The maximum atomic E-state index is 5.61. The Morgan fingerprint density at radius 3 is 2.32 bits per heavy atom. The maximum absolute atomic E-state index is 5.61. The van der Waals surface area contributed by atoms with Crippen molar-refractivity contribution in [2.45, 2.75) is 19.9 Å². The van der Waals surface area contributed by atoms with Crippen molar-refractivity contribution >= 4 is 5.69 Å². The van der Waals surface area contributed by atoms with E-state index in [1.165, 1.54) is 22.4 Å². The molecule has 2 rings (SSSR count). The van der Waals surface area contributed by atoms with E-state index >= 15 is 0 Å². The smallest absolute Gasteiger partial charge is 0.0363 e. The second-order valence-electron chi connectivity index (χ2n) is 4.97. The Morgan fingerprint density at radius 1 is 1.00 bits per heavy atom. The van der Waals surface area contributed by atoms with E-state index < -0.39 is 0 Å². The van der Waals surface area contributed by atoms with Gasteiger partial charge in [-0.05, 0) is 42.2 Å². The van der Waals surface area contributed by atoms with Gasteiger partial charge in [0.1, 0.15) is 0 Å². The highest BCUT2D eigenvalue weighted by molar-refractivity contribution is 5.47. The summed E-state index contributed by atoms with van der Waals surface area (Å²) in [5, 5.41) is 0. The number of benzene rings is 2. The van der Waals surface area contributed by atoms with E-state index in [2.05, 4.69) is 67.4 Å². The van der Waals surface area contributed by atoms with Crippen molar-refractivity contribution in [3.8, 4) is 0 Å². The number of aryl methyl sites for hydroxylation is 1. The minimum absolute atomic E-state index is 0.604. The Hall–Kier alpha value is -1.80. The lowest BCUT2D eigenvalue weighted by atomic mass is 10.1. The molecule has 0 heterocycles. The summed E-state index contributed by atoms with van der Waals surface area (Å²) < 4.78 is 0. The molecule has 0 amide bonds. The van der Waals surface area contributed by atoms with Gasteiger partial charge in [-0.15, -0.1) is 0 Å². The van der Waals surface area contributed by atoms with E-state index in [1.807, 2.05) is 0 Å². The van der Waals surface area contributed by atoms with Crippen LogP contribution < -0.4 is 10.6 Å². The van der Waals surface area contributed by atoms with Gasteiger partial charge in [0.05, 0.1) is 0 Å². The van der Waals surface area contributed by atoms with Crippen LogP contribution >= 0.6 is 0 Å². The lowest BCUT2D eigenvalue weighted by Crippen LogP contribution is -2.20. The van der Waals surface area contributed by atoms with E-state index in [9.17, 15) is 0 Å². The van der Waals surface area contributed by atoms with Crippen LogP contribution in [0.4, 0.5) is 5.69 Å². The summed E-state index contributed by atoms with van der Waals surface area (Å²) in [7, 11) is 2.13. The van der Waals surface area contributed by atoms with E-state index in [-0.39, 0.29) is 0 Å². The lowest BCUT2D eigenvalue weighted by molar-refractivity contribution is 0.871. The first-order valence-corrected chi connectivity index (χ1v) is 6.75. The van der Waals surface area contributed by atoms with Gasteiger partial charge in [-0.1, -0.05) is 36.4 Å². The van der Waals surface area contributed by atoms with Crippen LogP contribution in [0.25, 0.3) is 0 Å². The van der Waals surface area contributed by atoms with Crippen molar-refractivity contribution in [3.63, 3.8) is 0 Å². The molecule has 0 aromatic heterocycles. The van der Waals surface area contributed by atoms with Crippen molar-refractivity contribution in [1.29, 1.82) is 0 Å². The quantitative estimate of drug-likeness (QED) is 0.888. The lowest BCUT2D eigenvalue weighted by Gasteiger charge is -2.20. The van der Waals surface area contributed by atoms with E-state index in [0.717, 1.165) is 13.0 Å². The first-order chi connectivity index (χ1) is 9.20. The average molecular weight is 254 g/mol. The molecular formula is C17H22N2. The molecule has 100 valence electrons. The zero-order valence-electron chi connectivity index (χ0n) is 11.8. The molecule has 0 aliphatic heterocycles. The molecule has 0 spiro atoms. The Balaban J connectivity index is 1.97. The van der Waals surface area contributed by atoms with Crippen LogP contribution in [0.15, 0.2) is 48.5 Å². The Kier molecular flexibility index (Phi) is 4.58. The molecule has 0 bridgehead atoms. The molecule has 19 heavy (non-hydrogen) atoms. The van der Waals surface area contributed by atoms with Crippen LogP contribution in [0.1, 0.15) is 16.7 Å². The van der Waals surface area contributed by atoms with Crippen LogP contribution in [0.3, 0.4) is 0 Å². The zero-order chi connectivity index (χ0) is 13.7. The predicted octanol–water partition coefficient (Wildman–Crippen LogP) is 3.13. The third-order valence-electron chi connectivity index (χ3n) is 3.59. The maximum Gasteiger partial charge on any atom is 0.0363 e. The predicted molar refractivity (Wildman–Crippen MR) is 82.5 cm³/mol. The van der Waals surface area contributed by atoms with Gasteiger partial charge in [0, 0.05) is 25.8 Å². The van der Waals surface area contributed by atoms with Crippen molar-refractivity contribution in [2.24, 2.45) is 5.73 Å². The summed E-state index contributed by atoms with van der Waals surface area (Å²) in [6.07, 6.45) is 1.07. The second-order valence-corrected chi connectivity index (χ2v) is 4.97. The van der Waals surface area contributed by atoms with Crippen LogP contribution in [-0.4, -0.2) is 13.6 Å². The molecule has 2 nitrogen and oxygen atoms in total. The standard InChI is InChI=1S/C17H22N2/c1-14-5-3-4-6-16(14)11-12-19(2)17-9-7-15(13-18)8-10-17/h3-10H,11-13,18H2,1-2H3. The fraction of sp³-hybridized carbons (Fsp3) is 0.294. The highest BCUT2D eigenvalue weighted by Crippen LogP contribution is 2.15. The van der Waals surface area contributed by atoms with Gasteiger partial charge in [-0.2, -0.15) is 0 Å².